The minimum absolute atomic E-state index is 0.0249. The van der Waals surface area contributed by atoms with Crippen molar-refractivity contribution < 1.29 is 45.7 Å². The average molecular weight is 935 g/mol. The van der Waals surface area contributed by atoms with Crippen molar-refractivity contribution in [2.45, 2.75) is 211 Å². The van der Waals surface area contributed by atoms with Crippen molar-refractivity contribution in [3.05, 3.63) is 54.6 Å². The summed E-state index contributed by atoms with van der Waals surface area (Å²) in [5.74, 6) is -0.559. The summed E-state index contributed by atoms with van der Waals surface area (Å²) in [6.45, 7) is 40.0. The Bertz CT molecular complexity index is 1780. The van der Waals surface area contributed by atoms with Gasteiger partial charge in [-0.05, 0) is 125 Å². The normalized spacial score (nSPS) is 28.4. The molecule has 63 heavy (non-hydrogen) atoms. The lowest BCUT2D eigenvalue weighted by Gasteiger charge is -2.42. The fourth-order valence-corrected chi connectivity index (χ4v) is 12.5. The van der Waals surface area contributed by atoms with Crippen molar-refractivity contribution in [1.29, 1.82) is 0 Å². The first-order valence-corrected chi connectivity index (χ1v) is 31.0. The van der Waals surface area contributed by atoms with E-state index >= 15 is 0 Å². The molecule has 0 radical (unpaired) electrons. The summed E-state index contributed by atoms with van der Waals surface area (Å²) in [5, 5.41) is 0.00122. The molecule has 0 amide bonds. The second kappa shape index (κ2) is 21.5. The molecule has 3 aliphatic heterocycles. The smallest absolute Gasteiger partial charge is 0.311 e. The van der Waals surface area contributed by atoms with Crippen molar-refractivity contribution in [1.82, 2.24) is 0 Å². The number of benzene rings is 1. The van der Waals surface area contributed by atoms with Crippen molar-refractivity contribution in [3.63, 3.8) is 0 Å². The summed E-state index contributed by atoms with van der Waals surface area (Å²) >= 11 is 0. The van der Waals surface area contributed by atoms with Crippen molar-refractivity contribution in [2.24, 2.45) is 17.3 Å². The van der Waals surface area contributed by atoms with Crippen LogP contribution >= 0.6 is 0 Å². The van der Waals surface area contributed by atoms with E-state index in [0.717, 1.165) is 49.7 Å². The second-order valence-electron chi connectivity index (χ2n) is 22.9. The molecule has 0 aromatic heterocycles. The third-order valence-electron chi connectivity index (χ3n) is 14.6. The zero-order valence-electron chi connectivity index (χ0n) is 41.8. The highest BCUT2D eigenvalue weighted by atomic mass is 32.2. The van der Waals surface area contributed by atoms with Crippen LogP contribution in [0.4, 0.5) is 0 Å². The van der Waals surface area contributed by atoms with Gasteiger partial charge >= 0.3 is 5.97 Å². The molecule has 0 bridgehead atoms. The van der Waals surface area contributed by atoms with Gasteiger partial charge in [0.15, 0.2) is 26.5 Å². The molecule has 3 fully saturated rings. The standard InChI is InChI=1S/C50H86O10SSi2/c1-34-28-38(25-26-42-35(2)29-37(57-42)22-21-27-55-47(51)48(4,5)6)58-43(36(34)3)31-44-41(33-61(52,53)40-23-19-18-20-24-40)46(54-13)45(59-44)30-39(60-63(16,17)50(10,11)12)32-56-62(14,15)49(7,8)9/h18-20,23-24,34,37-39,41-46H,2-3,21-22,25-33H2,1,4-17H3/t34?,37?,38?,39-,41-,42-,43?,44?,45?,46?/m0/s1. The zero-order chi connectivity index (χ0) is 47.3. The van der Waals surface area contributed by atoms with E-state index in [2.05, 4.69) is 87.8 Å². The van der Waals surface area contributed by atoms with Crippen LogP contribution in [0.1, 0.15) is 121 Å². The molecule has 0 N–H and O–H groups in total. The lowest BCUT2D eigenvalue weighted by Crippen LogP contribution is -2.49. The van der Waals surface area contributed by atoms with Crippen LogP contribution in [0.2, 0.25) is 36.3 Å². The Labute approximate surface area is 385 Å². The van der Waals surface area contributed by atoms with E-state index < -0.39 is 56.1 Å². The third-order valence-corrected chi connectivity index (χ3v) is 25.5. The summed E-state index contributed by atoms with van der Waals surface area (Å²) in [6, 6.07) is 8.68. The van der Waals surface area contributed by atoms with Crippen LogP contribution in [-0.2, 0) is 47.2 Å². The fourth-order valence-electron chi connectivity index (χ4n) is 8.45. The molecule has 7 unspecified atom stereocenters. The van der Waals surface area contributed by atoms with Gasteiger partial charge < -0.3 is 32.5 Å². The molecule has 0 spiro atoms. The molecule has 3 aliphatic rings. The van der Waals surface area contributed by atoms with E-state index in [4.69, 9.17) is 32.5 Å². The summed E-state index contributed by atoms with van der Waals surface area (Å²) < 4.78 is 74.5. The predicted octanol–water partition coefficient (Wildman–Crippen LogP) is 11.3. The van der Waals surface area contributed by atoms with Gasteiger partial charge in [-0.3, -0.25) is 4.79 Å². The zero-order valence-corrected chi connectivity index (χ0v) is 44.7. The van der Waals surface area contributed by atoms with Gasteiger partial charge in [-0.25, -0.2) is 8.42 Å². The lowest BCUT2D eigenvalue weighted by molar-refractivity contribution is -0.153. The Morgan fingerprint density at radius 2 is 1.46 bits per heavy atom. The van der Waals surface area contributed by atoms with Gasteiger partial charge in [-0.1, -0.05) is 79.8 Å². The molecule has 0 saturated carbocycles. The summed E-state index contributed by atoms with van der Waals surface area (Å²) in [4.78, 5) is 12.5. The highest BCUT2D eigenvalue weighted by Crippen LogP contribution is 2.44. The van der Waals surface area contributed by atoms with Crippen LogP contribution in [0.3, 0.4) is 0 Å². The fraction of sp³-hybridized carbons (Fsp3) is 0.780. The highest BCUT2D eigenvalue weighted by Gasteiger charge is 2.50. The van der Waals surface area contributed by atoms with Gasteiger partial charge in [0.1, 0.15) is 0 Å². The molecule has 3 heterocycles. The number of carbonyl (C=O) groups is 1. The number of hydrogen-bond acceptors (Lipinski definition) is 10. The summed E-state index contributed by atoms with van der Waals surface area (Å²) in [6.07, 6.45) is 3.78. The minimum Gasteiger partial charge on any atom is -0.465 e. The molecule has 360 valence electrons. The Balaban J connectivity index is 1.52. The maximum atomic E-state index is 14.2. The molecule has 0 aliphatic carbocycles. The maximum Gasteiger partial charge on any atom is 0.311 e. The molecule has 13 heteroatoms. The van der Waals surface area contributed by atoms with Crippen molar-refractivity contribution >= 4 is 32.4 Å². The van der Waals surface area contributed by atoms with E-state index in [9.17, 15) is 13.2 Å². The van der Waals surface area contributed by atoms with Crippen LogP contribution in [-0.4, -0.2) is 106 Å². The first-order valence-electron chi connectivity index (χ1n) is 23.6. The van der Waals surface area contributed by atoms with E-state index in [-0.39, 0.29) is 63.1 Å². The number of ether oxygens (including phenoxy) is 5. The molecule has 4 rings (SSSR count). The van der Waals surface area contributed by atoms with Gasteiger partial charge in [0, 0.05) is 25.9 Å². The maximum absolute atomic E-state index is 14.2. The second-order valence-corrected chi connectivity index (χ2v) is 34.5. The number of sulfone groups is 1. The van der Waals surface area contributed by atoms with E-state index in [1.807, 2.05) is 26.8 Å². The summed E-state index contributed by atoms with van der Waals surface area (Å²) in [5.41, 5.74) is 1.59. The first kappa shape index (κ1) is 53.9. The van der Waals surface area contributed by atoms with Crippen LogP contribution in [0.25, 0.3) is 0 Å². The number of esters is 1. The molecule has 1 aromatic carbocycles. The molecule has 1 aromatic rings. The van der Waals surface area contributed by atoms with Crippen molar-refractivity contribution in [2.75, 3.05) is 26.1 Å². The number of carbonyl (C=O) groups excluding carboxylic acids is 1. The topological polar surface area (TPSA) is 116 Å². The van der Waals surface area contributed by atoms with E-state index in [0.29, 0.717) is 26.1 Å². The number of hydrogen-bond donors (Lipinski definition) is 0. The molecular weight excluding hydrogens is 849 g/mol. The SMILES string of the molecule is C=C1C(C)CC(CC[C@@H]2OC(CCCOC(=O)C(C)(C)C)CC2=C)OC1CC1OC(C[C@@H](CO[Si](C)(C)C(C)(C)C)O[Si](C)(C)C(C)(C)C)C(OC)[C@H]1CS(=O)(=O)c1ccccc1. The molecule has 3 saturated heterocycles. The number of rotatable bonds is 20. The Hall–Kier alpha value is -1.69. The van der Waals surface area contributed by atoms with E-state index in [1.165, 1.54) is 0 Å². The monoisotopic (exact) mass is 935 g/mol. The van der Waals surface area contributed by atoms with Crippen LogP contribution in [0, 0.1) is 17.3 Å². The molecule has 10 atom stereocenters. The van der Waals surface area contributed by atoms with Gasteiger partial charge in [0.25, 0.3) is 0 Å². The van der Waals surface area contributed by atoms with Gasteiger partial charge in [-0.2, -0.15) is 0 Å². The minimum atomic E-state index is -3.70. The van der Waals surface area contributed by atoms with Gasteiger partial charge in [0.05, 0.1) is 78.1 Å². The highest BCUT2D eigenvalue weighted by molar-refractivity contribution is 7.91. The van der Waals surface area contributed by atoms with Gasteiger partial charge in [0.2, 0.25) is 0 Å². The van der Waals surface area contributed by atoms with E-state index in [1.54, 1.807) is 31.4 Å². The largest absolute Gasteiger partial charge is 0.465 e. The Morgan fingerprint density at radius 3 is 2.05 bits per heavy atom. The average Bonchev–Trinajstić information content (AvgIpc) is 3.68. The third kappa shape index (κ3) is 14.7. The van der Waals surface area contributed by atoms with Crippen LogP contribution in [0.5, 0.6) is 0 Å². The quantitative estimate of drug-likeness (QED) is 0.0541. The van der Waals surface area contributed by atoms with Crippen molar-refractivity contribution in [3.8, 4) is 0 Å². The number of methoxy groups -OCH3 is 1. The van der Waals surface area contributed by atoms with Gasteiger partial charge in [-0.15, -0.1) is 0 Å². The van der Waals surface area contributed by atoms with Crippen LogP contribution < -0.4 is 0 Å². The Morgan fingerprint density at radius 1 is 0.841 bits per heavy atom. The Kier molecular flexibility index (Phi) is 18.4. The molecular formula is C50H86O10SSi2. The molecule has 10 nitrogen and oxygen atoms in total. The predicted molar refractivity (Wildman–Crippen MR) is 259 cm³/mol. The first-order chi connectivity index (χ1) is 29.0. The summed E-state index contributed by atoms with van der Waals surface area (Å²) in [7, 11) is -6.41. The lowest BCUT2D eigenvalue weighted by atomic mass is 9.83. The van der Waals surface area contributed by atoms with Crippen LogP contribution in [0.15, 0.2) is 59.5 Å².